The van der Waals surface area contributed by atoms with E-state index in [0.29, 0.717) is 23.6 Å². The summed E-state index contributed by atoms with van der Waals surface area (Å²) in [5.41, 5.74) is 0. The second-order valence-electron chi connectivity index (χ2n) is 3.74. The van der Waals surface area contributed by atoms with Crippen LogP contribution in [-0.2, 0) is 16.4 Å². The Balaban J connectivity index is 2.56. The Morgan fingerprint density at radius 3 is 2.76 bits per heavy atom. The number of hydrogen-bond donors (Lipinski definition) is 2. The van der Waals surface area contributed by atoms with Gasteiger partial charge in [-0.1, -0.05) is 29.8 Å². The summed E-state index contributed by atoms with van der Waals surface area (Å²) >= 11 is 3.46. The Morgan fingerprint density at radius 1 is 1.53 bits per heavy atom. The summed E-state index contributed by atoms with van der Waals surface area (Å²) in [6.45, 7) is 4.39. The van der Waals surface area contributed by atoms with Crippen molar-refractivity contribution in [3.63, 3.8) is 0 Å². The lowest BCUT2D eigenvalue weighted by Crippen LogP contribution is -2.26. The minimum absolute atomic E-state index is 0.136. The summed E-state index contributed by atoms with van der Waals surface area (Å²) in [6.07, 6.45) is 3.79. The molecule has 0 spiro atoms. The summed E-state index contributed by atoms with van der Waals surface area (Å²) in [7, 11) is -3.44. The maximum absolute atomic E-state index is 11.8. The molecule has 0 amide bonds. The molecule has 0 aromatic carbocycles. The van der Waals surface area contributed by atoms with Crippen LogP contribution in [0.2, 0.25) is 0 Å². The zero-order chi connectivity index (χ0) is 12.9. The fourth-order valence-corrected chi connectivity index (χ4v) is 2.51. The van der Waals surface area contributed by atoms with Crippen molar-refractivity contribution in [1.82, 2.24) is 14.7 Å². The van der Waals surface area contributed by atoms with Gasteiger partial charge >= 0.3 is 0 Å². The zero-order valence-corrected chi connectivity index (χ0v) is 12.4. The van der Waals surface area contributed by atoms with Crippen LogP contribution in [0.25, 0.3) is 0 Å². The standard InChI is InChI=1S/C10H18BrN3O2S/c1-3-8(11)5-6-13-17(15,16)10-7-12-9(4-2)14-10/h7-8,13H,3-6H2,1-2H3,(H,12,14). The summed E-state index contributed by atoms with van der Waals surface area (Å²) in [5.74, 6) is 0.678. The van der Waals surface area contributed by atoms with Crippen LogP contribution in [0, 0.1) is 0 Å². The first-order valence-electron chi connectivity index (χ1n) is 5.67. The van der Waals surface area contributed by atoms with Crippen molar-refractivity contribution in [3.05, 3.63) is 12.0 Å². The number of alkyl halides is 1. The van der Waals surface area contributed by atoms with Gasteiger partial charge in [0.1, 0.15) is 5.82 Å². The van der Waals surface area contributed by atoms with Crippen molar-refractivity contribution in [1.29, 1.82) is 0 Å². The van der Waals surface area contributed by atoms with Crippen LogP contribution in [-0.4, -0.2) is 29.8 Å². The van der Waals surface area contributed by atoms with Gasteiger partial charge in [0.15, 0.2) is 5.03 Å². The van der Waals surface area contributed by atoms with Crippen LogP contribution < -0.4 is 4.72 Å². The van der Waals surface area contributed by atoms with Gasteiger partial charge in [0.05, 0.1) is 6.20 Å². The Kier molecular flexibility index (Phi) is 5.61. The maximum atomic E-state index is 11.8. The molecule has 98 valence electrons. The predicted octanol–water partition coefficient (Wildman–Crippen LogP) is 1.81. The van der Waals surface area contributed by atoms with Crippen LogP contribution in [0.1, 0.15) is 32.5 Å². The number of sulfonamides is 1. The monoisotopic (exact) mass is 323 g/mol. The molecule has 0 aliphatic carbocycles. The molecule has 5 nitrogen and oxygen atoms in total. The van der Waals surface area contributed by atoms with Gasteiger partial charge in [-0.2, -0.15) is 0 Å². The third-order valence-corrected chi connectivity index (χ3v) is 4.90. The molecule has 1 rings (SSSR count). The normalized spacial score (nSPS) is 13.8. The molecule has 1 unspecified atom stereocenters. The molecule has 0 saturated carbocycles. The van der Waals surface area contributed by atoms with Gasteiger partial charge in [-0.15, -0.1) is 0 Å². The lowest BCUT2D eigenvalue weighted by Gasteiger charge is -2.07. The highest BCUT2D eigenvalue weighted by atomic mass is 79.9. The number of nitrogens with zero attached hydrogens (tertiary/aromatic N) is 1. The number of nitrogens with one attached hydrogen (secondary N) is 2. The minimum atomic E-state index is -3.44. The average molecular weight is 324 g/mol. The second-order valence-corrected chi connectivity index (χ2v) is 6.77. The molecule has 1 aromatic heterocycles. The van der Waals surface area contributed by atoms with E-state index in [2.05, 4.69) is 37.5 Å². The highest BCUT2D eigenvalue weighted by Gasteiger charge is 2.16. The Labute approximate surface area is 111 Å². The first-order chi connectivity index (χ1) is 7.99. The smallest absolute Gasteiger partial charge is 0.257 e. The van der Waals surface area contributed by atoms with Gasteiger partial charge in [-0.05, 0) is 12.8 Å². The highest BCUT2D eigenvalue weighted by Crippen LogP contribution is 2.10. The number of aromatic amines is 1. The molecule has 1 heterocycles. The first kappa shape index (κ1) is 14.7. The molecule has 0 aliphatic heterocycles. The Bertz CT molecular complexity index is 444. The molecule has 7 heteroatoms. The summed E-state index contributed by atoms with van der Waals surface area (Å²) in [4.78, 5) is 7.10. The third-order valence-electron chi connectivity index (χ3n) is 2.42. The van der Waals surface area contributed by atoms with E-state index in [0.717, 1.165) is 12.8 Å². The third kappa shape index (κ3) is 4.40. The summed E-state index contributed by atoms with van der Waals surface area (Å²) in [5, 5.41) is 0.136. The fraction of sp³-hybridized carbons (Fsp3) is 0.700. The van der Waals surface area contributed by atoms with E-state index in [1.807, 2.05) is 6.92 Å². The summed E-state index contributed by atoms with van der Waals surface area (Å²) in [6, 6.07) is 0. The van der Waals surface area contributed by atoms with E-state index in [9.17, 15) is 8.42 Å². The van der Waals surface area contributed by atoms with Crippen molar-refractivity contribution >= 4 is 26.0 Å². The van der Waals surface area contributed by atoms with Crippen LogP contribution in [0.15, 0.2) is 11.2 Å². The molecule has 0 saturated heterocycles. The Morgan fingerprint density at radius 2 is 2.24 bits per heavy atom. The number of aryl methyl sites for hydroxylation is 1. The molecule has 1 atom stereocenters. The SMILES string of the molecule is CCc1ncc(S(=O)(=O)NCCC(Br)CC)[nH]1. The number of aromatic nitrogens is 2. The number of H-pyrrole nitrogens is 1. The molecular weight excluding hydrogens is 306 g/mol. The Hall–Kier alpha value is -0.400. The van der Waals surface area contributed by atoms with Crippen molar-refractivity contribution in [2.24, 2.45) is 0 Å². The van der Waals surface area contributed by atoms with Crippen molar-refractivity contribution in [2.45, 2.75) is 43.0 Å². The maximum Gasteiger partial charge on any atom is 0.257 e. The van der Waals surface area contributed by atoms with Crippen LogP contribution in [0.5, 0.6) is 0 Å². The largest absolute Gasteiger partial charge is 0.332 e. The molecule has 2 N–H and O–H groups in total. The fourth-order valence-electron chi connectivity index (χ4n) is 1.29. The average Bonchev–Trinajstić information content (AvgIpc) is 2.77. The van der Waals surface area contributed by atoms with E-state index in [4.69, 9.17) is 0 Å². The molecule has 0 aliphatic rings. The van der Waals surface area contributed by atoms with E-state index < -0.39 is 10.0 Å². The second kappa shape index (κ2) is 6.51. The molecule has 0 radical (unpaired) electrons. The van der Waals surface area contributed by atoms with E-state index in [1.54, 1.807) is 0 Å². The van der Waals surface area contributed by atoms with Gasteiger partial charge in [-0.3, -0.25) is 0 Å². The van der Waals surface area contributed by atoms with Crippen LogP contribution in [0.3, 0.4) is 0 Å². The molecule has 17 heavy (non-hydrogen) atoms. The van der Waals surface area contributed by atoms with E-state index >= 15 is 0 Å². The van der Waals surface area contributed by atoms with Crippen molar-refractivity contribution < 1.29 is 8.42 Å². The number of halogens is 1. The molecule has 0 bridgehead atoms. The topological polar surface area (TPSA) is 74.8 Å². The molecular formula is C10H18BrN3O2S. The first-order valence-corrected chi connectivity index (χ1v) is 8.07. The molecule has 0 fully saturated rings. The summed E-state index contributed by atoms with van der Waals surface area (Å²) < 4.78 is 26.2. The van der Waals surface area contributed by atoms with E-state index in [1.165, 1.54) is 6.20 Å². The van der Waals surface area contributed by atoms with Gasteiger partial charge in [-0.25, -0.2) is 18.1 Å². The zero-order valence-electron chi connectivity index (χ0n) is 10.0. The minimum Gasteiger partial charge on any atom is -0.332 e. The quantitative estimate of drug-likeness (QED) is 0.751. The van der Waals surface area contributed by atoms with Gasteiger partial charge in [0.2, 0.25) is 0 Å². The lowest BCUT2D eigenvalue weighted by atomic mass is 10.2. The van der Waals surface area contributed by atoms with E-state index in [-0.39, 0.29) is 5.03 Å². The number of hydrogen-bond acceptors (Lipinski definition) is 3. The lowest BCUT2D eigenvalue weighted by molar-refractivity contribution is 0.574. The van der Waals surface area contributed by atoms with Crippen molar-refractivity contribution in [3.8, 4) is 0 Å². The number of imidazole rings is 1. The predicted molar refractivity (Wildman–Crippen MR) is 70.8 cm³/mol. The highest BCUT2D eigenvalue weighted by molar-refractivity contribution is 9.09. The van der Waals surface area contributed by atoms with Crippen molar-refractivity contribution in [2.75, 3.05) is 6.54 Å². The van der Waals surface area contributed by atoms with Gasteiger partial charge < -0.3 is 4.98 Å². The molecule has 1 aromatic rings. The van der Waals surface area contributed by atoms with Gasteiger partial charge in [0.25, 0.3) is 10.0 Å². The van der Waals surface area contributed by atoms with Crippen LogP contribution in [0.4, 0.5) is 0 Å². The van der Waals surface area contributed by atoms with Crippen LogP contribution >= 0.6 is 15.9 Å². The number of rotatable bonds is 7. The van der Waals surface area contributed by atoms with Gasteiger partial charge in [0, 0.05) is 17.8 Å².